The molecule has 0 amide bonds. The minimum Gasteiger partial charge on any atom is -0.497 e. The number of hydrogen-bond acceptors (Lipinski definition) is 7. The second-order valence-electron chi connectivity index (χ2n) is 9.54. The highest BCUT2D eigenvalue weighted by molar-refractivity contribution is 5.57. The SMILES string of the molecule is CN1CCC(CO)CC1.COc1ccc(C(OCC(N)C=O)(c2ccccc2)c2ccc(OC)cc2)cc1. The number of nitrogens with zero attached hydrogens (tertiary/aromatic N) is 1. The van der Waals surface area contributed by atoms with E-state index in [4.69, 9.17) is 25.1 Å². The van der Waals surface area contributed by atoms with Crippen molar-refractivity contribution in [2.75, 3.05) is 47.6 Å². The van der Waals surface area contributed by atoms with E-state index < -0.39 is 11.6 Å². The number of aliphatic hydroxyl groups is 1. The largest absolute Gasteiger partial charge is 0.497 e. The summed E-state index contributed by atoms with van der Waals surface area (Å²) in [6, 6.07) is 24.5. The van der Waals surface area contributed by atoms with Crippen LogP contribution in [0.2, 0.25) is 0 Å². The van der Waals surface area contributed by atoms with Crippen LogP contribution in [0.15, 0.2) is 78.9 Å². The van der Waals surface area contributed by atoms with Gasteiger partial charge in [0.15, 0.2) is 0 Å². The van der Waals surface area contributed by atoms with Crippen molar-refractivity contribution in [3.05, 3.63) is 95.6 Å². The monoisotopic (exact) mass is 520 g/mol. The molecule has 204 valence electrons. The number of aliphatic hydroxyl groups excluding tert-OH is 1. The van der Waals surface area contributed by atoms with Gasteiger partial charge in [-0.05, 0) is 79.9 Å². The van der Waals surface area contributed by atoms with Crippen LogP contribution < -0.4 is 15.2 Å². The van der Waals surface area contributed by atoms with Gasteiger partial charge in [0.25, 0.3) is 0 Å². The molecule has 0 aliphatic carbocycles. The van der Waals surface area contributed by atoms with Crippen molar-refractivity contribution in [2.24, 2.45) is 11.7 Å². The van der Waals surface area contributed by atoms with Gasteiger partial charge in [-0.25, -0.2) is 0 Å². The van der Waals surface area contributed by atoms with Crippen molar-refractivity contribution in [3.63, 3.8) is 0 Å². The van der Waals surface area contributed by atoms with Crippen LogP contribution in [0.1, 0.15) is 29.5 Å². The zero-order chi connectivity index (χ0) is 27.4. The minimum atomic E-state index is -0.958. The Kier molecular flexibility index (Phi) is 11.3. The van der Waals surface area contributed by atoms with Gasteiger partial charge in [0.1, 0.15) is 23.4 Å². The molecule has 3 N–H and O–H groups in total. The van der Waals surface area contributed by atoms with Crippen molar-refractivity contribution < 1.29 is 24.1 Å². The van der Waals surface area contributed by atoms with Crippen LogP contribution in [0.4, 0.5) is 0 Å². The Balaban J connectivity index is 0.000000375. The van der Waals surface area contributed by atoms with Crippen molar-refractivity contribution in [1.82, 2.24) is 4.90 Å². The average molecular weight is 521 g/mol. The number of likely N-dealkylation sites (tertiary alicyclic amines) is 1. The third kappa shape index (κ3) is 7.42. The minimum absolute atomic E-state index is 0.0659. The van der Waals surface area contributed by atoms with Gasteiger partial charge >= 0.3 is 0 Å². The molecule has 1 aliphatic heterocycles. The highest BCUT2D eigenvalue weighted by Crippen LogP contribution is 2.41. The molecular formula is C31H40N2O5. The molecule has 0 aromatic heterocycles. The Morgan fingerprint density at radius 3 is 1.79 bits per heavy atom. The van der Waals surface area contributed by atoms with E-state index >= 15 is 0 Å². The van der Waals surface area contributed by atoms with Crippen molar-refractivity contribution in [1.29, 1.82) is 0 Å². The van der Waals surface area contributed by atoms with Gasteiger partial charge in [0, 0.05) is 6.61 Å². The quantitative estimate of drug-likeness (QED) is 0.310. The summed E-state index contributed by atoms with van der Waals surface area (Å²) in [7, 11) is 5.39. The van der Waals surface area contributed by atoms with E-state index in [0.717, 1.165) is 41.3 Å². The molecule has 0 saturated carbocycles. The molecule has 38 heavy (non-hydrogen) atoms. The molecular weight excluding hydrogens is 480 g/mol. The van der Waals surface area contributed by atoms with Gasteiger partial charge in [0.2, 0.25) is 0 Å². The summed E-state index contributed by atoms with van der Waals surface area (Å²) in [6.07, 6.45) is 3.04. The first-order valence-electron chi connectivity index (χ1n) is 13.0. The third-order valence-corrected chi connectivity index (χ3v) is 6.94. The standard InChI is InChI=1S/C24H25NO4.C7H15NO/c1-27-22-12-8-19(9-13-22)24(29-17-21(25)16-26,18-6-4-3-5-7-18)20-10-14-23(28-2)15-11-20;1-8-4-2-7(6-9)3-5-8/h3-16,21H,17,25H2,1-2H3;7,9H,2-6H2,1H3. The average Bonchev–Trinajstić information content (AvgIpc) is 2.99. The molecule has 0 spiro atoms. The van der Waals surface area contributed by atoms with E-state index in [1.54, 1.807) is 14.2 Å². The van der Waals surface area contributed by atoms with E-state index in [2.05, 4.69) is 11.9 Å². The molecule has 3 aromatic rings. The van der Waals surface area contributed by atoms with Crippen molar-refractivity contribution in [2.45, 2.75) is 24.5 Å². The molecule has 0 bridgehead atoms. The summed E-state index contributed by atoms with van der Waals surface area (Å²) in [6.45, 7) is 2.76. The van der Waals surface area contributed by atoms with E-state index in [0.29, 0.717) is 18.8 Å². The van der Waals surface area contributed by atoms with E-state index in [1.165, 1.54) is 12.8 Å². The first-order valence-corrected chi connectivity index (χ1v) is 13.0. The lowest BCUT2D eigenvalue weighted by Gasteiger charge is -2.36. The number of carbonyl (C=O) groups is 1. The maximum Gasteiger partial charge on any atom is 0.143 e. The van der Waals surface area contributed by atoms with Crippen LogP contribution in [0, 0.1) is 5.92 Å². The Hall–Kier alpha value is -3.23. The lowest BCUT2D eigenvalue weighted by Crippen LogP contribution is -2.38. The molecule has 1 unspecified atom stereocenters. The number of carbonyl (C=O) groups excluding carboxylic acids is 1. The topological polar surface area (TPSA) is 94.3 Å². The number of ether oxygens (including phenoxy) is 3. The maximum absolute atomic E-state index is 11.2. The second kappa shape index (κ2) is 14.6. The predicted octanol–water partition coefficient (Wildman–Crippen LogP) is 3.86. The van der Waals surface area contributed by atoms with Gasteiger partial charge < -0.3 is 34.7 Å². The number of nitrogens with two attached hydrogens (primary N) is 1. The van der Waals surface area contributed by atoms with Crippen LogP contribution in [-0.4, -0.2) is 69.9 Å². The van der Waals surface area contributed by atoms with Crippen LogP contribution >= 0.6 is 0 Å². The van der Waals surface area contributed by atoms with Gasteiger partial charge in [-0.3, -0.25) is 0 Å². The van der Waals surface area contributed by atoms with Gasteiger partial charge in [0.05, 0.1) is 26.9 Å². The number of methoxy groups -OCH3 is 2. The zero-order valence-corrected chi connectivity index (χ0v) is 22.6. The van der Waals surface area contributed by atoms with Crippen LogP contribution in [0.3, 0.4) is 0 Å². The molecule has 1 aliphatic rings. The number of hydrogen-bond donors (Lipinski definition) is 2. The number of piperidine rings is 1. The molecule has 7 heteroatoms. The summed E-state index contributed by atoms with van der Waals surface area (Å²) in [5.41, 5.74) is 7.63. The predicted molar refractivity (Wildman–Crippen MR) is 150 cm³/mol. The molecule has 1 saturated heterocycles. The molecule has 0 radical (unpaired) electrons. The molecule has 4 rings (SSSR count). The summed E-state index contributed by atoms with van der Waals surface area (Å²) in [5, 5.41) is 8.76. The summed E-state index contributed by atoms with van der Waals surface area (Å²) < 4.78 is 17.1. The van der Waals surface area contributed by atoms with Gasteiger partial charge in [-0.15, -0.1) is 0 Å². The Bertz CT molecular complexity index is 1030. The van der Waals surface area contributed by atoms with Gasteiger partial charge in [-0.1, -0.05) is 54.6 Å². The van der Waals surface area contributed by atoms with Crippen LogP contribution in [0.5, 0.6) is 11.5 Å². The Morgan fingerprint density at radius 2 is 1.37 bits per heavy atom. The fourth-order valence-electron chi connectivity index (χ4n) is 4.58. The highest BCUT2D eigenvalue weighted by Gasteiger charge is 2.38. The molecule has 1 fully saturated rings. The molecule has 3 aromatic carbocycles. The third-order valence-electron chi connectivity index (χ3n) is 6.94. The fourth-order valence-corrected chi connectivity index (χ4v) is 4.58. The number of rotatable bonds is 10. The summed E-state index contributed by atoms with van der Waals surface area (Å²) in [4.78, 5) is 13.5. The second-order valence-corrected chi connectivity index (χ2v) is 9.54. The first kappa shape index (κ1) is 29.3. The van der Waals surface area contributed by atoms with Crippen molar-refractivity contribution in [3.8, 4) is 11.5 Å². The molecule has 1 atom stereocenters. The highest BCUT2D eigenvalue weighted by atomic mass is 16.5. The Labute approximate surface area is 226 Å². The molecule has 1 heterocycles. The maximum atomic E-state index is 11.2. The smallest absolute Gasteiger partial charge is 0.143 e. The summed E-state index contributed by atoms with van der Waals surface area (Å²) >= 11 is 0. The fraction of sp³-hybridized carbons (Fsp3) is 0.387. The summed E-state index contributed by atoms with van der Waals surface area (Å²) in [5.74, 6) is 2.08. The van der Waals surface area contributed by atoms with Crippen molar-refractivity contribution >= 4 is 6.29 Å². The van der Waals surface area contributed by atoms with Gasteiger partial charge in [-0.2, -0.15) is 0 Å². The number of benzene rings is 3. The van der Waals surface area contributed by atoms with Crippen LogP contribution in [0.25, 0.3) is 0 Å². The zero-order valence-electron chi connectivity index (χ0n) is 22.6. The van der Waals surface area contributed by atoms with E-state index in [9.17, 15) is 4.79 Å². The lowest BCUT2D eigenvalue weighted by molar-refractivity contribution is -0.111. The number of aldehydes is 1. The Morgan fingerprint density at radius 1 is 0.895 bits per heavy atom. The normalized spacial score (nSPS) is 15.2. The first-order chi connectivity index (χ1) is 18.5. The van der Waals surface area contributed by atoms with Crippen LogP contribution in [-0.2, 0) is 15.1 Å². The van der Waals surface area contributed by atoms with E-state index in [-0.39, 0.29) is 6.61 Å². The molecule has 7 nitrogen and oxygen atoms in total. The van der Waals surface area contributed by atoms with E-state index in [1.807, 2.05) is 78.9 Å². The lowest BCUT2D eigenvalue weighted by atomic mass is 9.80.